The molecule has 0 radical (unpaired) electrons. The van der Waals surface area contributed by atoms with Crippen LogP contribution in [0.25, 0.3) is 0 Å². The number of hydrogen-bond acceptors (Lipinski definition) is 6. The van der Waals surface area contributed by atoms with Crippen molar-refractivity contribution in [2.45, 2.75) is 75.7 Å². The van der Waals surface area contributed by atoms with Crippen LogP contribution in [0, 0.1) is 23.7 Å². The van der Waals surface area contributed by atoms with Gasteiger partial charge in [0.25, 0.3) is 0 Å². The molecule has 2 saturated carbocycles. The van der Waals surface area contributed by atoms with Gasteiger partial charge in [0.1, 0.15) is 12.2 Å². The third-order valence-electron chi connectivity index (χ3n) is 8.41. The van der Waals surface area contributed by atoms with Gasteiger partial charge in [-0.1, -0.05) is 25.7 Å². The van der Waals surface area contributed by atoms with Crippen LogP contribution < -0.4 is 0 Å². The van der Waals surface area contributed by atoms with Crippen molar-refractivity contribution in [3.05, 3.63) is 0 Å². The normalized spacial score (nSPS) is 45.9. The van der Waals surface area contributed by atoms with Crippen molar-refractivity contribution in [3.8, 4) is 0 Å². The average Bonchev–Trinajstić information content (AvgIpc) is 3.48. The number of rotatable bonds is 2. The van der Waals surface area contributed by atoms with Crippen LogP contribution in [-0.4, -0.2) is 70.9 Å². The Morgan fingerprint density at radius 3 is 1.13 bits per heavy atom. The maximum Gasteiger partial charge on any atom is 0.233 e. The van der Waals surface area contributed by atoms with E-state index in [0.29, 0.717) is 0 Å². The van der Waals surface area contributed by atoms with E-state index in [1.807, 2.05) is 0 Å². The zero-order valence-electron chi connectivity index (χ0n) is 17.0. The first kappa shape index (κ1) is 18.9. The van der Waals surface area contributed by atoms with Crippen molar-refractivity contribution in [2.75, 3.05) is 13.2 Å². The first-order valence-electron chi connectivity index (χ1n) is 11.5. The number of hydrogen-bond donors (Lipinski definition) is 0. The number of ether oxygens (including phenoxy) is 2. The standard InChI is InChI=1S/C22H28N2O6/c25-19-11-5-1-2-6-12(11)20(26)23(19)15-9-29-18-16(10-30-17(15)18)24-21(27)13-7-3-4-8-14(13)22(24)28/h11-18H,1-10H2. The van der Waals surface area contributed by atoms with Crippen LogP contribution in [0.15, 0.2) is 0 Å². The van der Waals surface area contributed by atoms with Gasteiger partial charge in [-0.05, 0) is 25.7 Å². The second-order valence-electron chi connectivity index (χ2n) is 9.82. The quantitative estimate of drug-likeness (QED) is 0.620. The zero-order valence-corrected chi connectivity index (χ0v) is 17.0. The molecule has 2 aliphatic carbocycles. The molecule has 0 aromatic carbocycles. The number of carbonyl (C=O) groups is 4. The Morgan fingerprint density at radius 2 is 0.833 bits per heavy atom. The predicted molar refractivity (Wildman–Crippen MR) is 102 cm³/mol. The maximum absolute atomic E-state index is 13.0. The van der Waals surface area contributed by atoms with Crippen LogP contribution in [0.3, 0.4) is 0 Å². The molecule has 4 amide bonds. The number of amides is 4. The Labute approximate surface area is 175 Å². The SMILES string of the molecule is O=C1C2CCCCC2C(=O)N1C1COC2C1OCC2N1C(=O)C2CCCCC2C1=O. The lowest BCUT2D eigenvalue weighted by Gasteiger charge is -2.26. The third kappa shape index (κ3) is 2.46. The summed E-state index contributed by atoms with van der Waals surface area (Å²) in [4.78, 5) is 54.9. The van der Waals surface area contributed by atoms with Crippen molar-refractivity contribution >= 4 is 23.6 Å². The molecule has 8 atom stereocenters. The molecule has 8 heteroatoms. The van der Waals surface area contributed by atoms with Crippen LogP contribution in [0.2, 0.25) is 0 Å². The number of likely N-dealkylation sites (tertiary alicyclic amines) is 2. The third-order valence-corrected chi connectivity index (χ3v) is 8.41. The molecule has 0 bridgehead atoms. The van der Waals surface area contributed by atoms with Crippen LogP contribution in [-0.2, 0) is 28.7 Å². The summed E-state index contributed by atoms with van der Waals surface area (Å²) in [5.41, 5.74) is 0. The number of fused-ring (bicyclic) bond motifs is 3. The molecule has 162 valence electrons. The van der Waals surface area contributed by atoms with Crippen molar-refractivity contribution in [3.63, 3.8) is 0 Å². The second kappa shape index (κ2) is 6.85. The van der Waals surface area contributed by atoms with E-state index in [-0.39, 0.29) is 60.5 Å². The monoisotopic (exact) mass is 416 g/mol. The molecule has 4 heterocycles. The van der Waals surface area contributed by atoms with Gasteiger partial charge in [-0.15, -0.1) is 0 Å². The lowest BCUT2D eigenvalue weighted by atomic mass is 9.81. The van der Waals surface area contributed by atoms with Crippen molar-refractivity contribution in [2.24, 2.45) is 23.7 Å². The minimum atomic E-state index is -0.466. The van der Waals surface area contributed by atoms with E-state index < -0.39 is 24.3 Å². The van der Waals surface area contributed by atoms with Crippen molar-refractivity contribution < 1.29 is 28.7 Å². The molecule has 6 rings (SSSR count). The largest absolute Gasteiger partial charge is 0.371 e. The van der Waals surface area contributed by atoms with E-state index in [1.165, 1.54) is 9.80 Å². The van der Waals surface area contributed by atoms with E-state index in [2.05, 4.69) is 0 Å². The highest BCUT2D eigenvalue weighted by Gasteiger charge is 2.61. The molecule has 8 nitrogen and oxygen atoms in total. The molecule has 0 aromatic heterocycles. The first-order valence-corrected chi connectivity index (χ1v) is 11.5. The predicted octanol–water partition coefficient (Wildman–Crippen LogP) is 0.872. The molecule has 0 N–H and O–H groups in total. The fraction of sp³-hybridized carbons (Fsp3) is 0.818. The molecule has 4 aliphatic heterocycles. The Hall–Kier alpha value is -1.80. The summed E-state index contributed by atoms with van der Waals surface area (Å²) in [7, 11) is 0. The van der Waals surface area contributed by atoms with Gasteiger partial charge in [-0.25, -0.2) is 0 Å². The van der Waals surface area contributed by atoms with Gasteiger partial charge in [0.05, 0.1) is 49.0 Å². The topological polar surface area (TPSA) is 93.2 Å². The highest BCUT2D eigenvalue weighted by molar-refractivity contribution is 6.06. The van der Waals surface area contributed by atoms with E-state index >= 15 is 0 Å². The minimum absolute atomic E-state index is 0.0923. The summed E-state index contributed by atoms with van der Waals surface area (Å²) in [5, 5.41) is 0. The number of nitrogens with zero attached hydrogens (tertiary/aromatic N) is 2. The highest BCUT2D eigenvalue weighted by Crippen LogP contribution is 2.44. The van der Waals surface area contributed by atoms with Gasteiger partial charge in [0.15, 0.2) is 0 Å². The van der Waals surface area contributed by atoms with Gasteiger partial charge >= 0.3 is 0 Å². The molecule has 8 unspecified atom stereocenters. The first-order chi connectivity index (χ1) is 14.6. The van der Waals surface area contributed by atoms with E-state index in [4.69, 9.17) is 9.47 Å². The van der Waals surface area contributed by atoms with Gasteiger partial charge in [0.2, 0.25) is 23.6 Å². The van der Waals surface area contributed by atoms with Crippen LogP contribution in [0.5, 0.6) is 0 Å². The molecular weight excluding hydrogens is 388 g/mol. The summed E-state index contributed by atoms with van der Waals surface area (Å²) < 4.78 is 12.0. The number of imide groups is 2. The second-order valence-corrected chi connectivity index (χ2v) is 9.82. The summed E-state index contributed by atoms with van der Waals surface area (Å²) in [6, 6.07) is -0.915. The Morgan fingerprint density at radius 1 is 0.533 bits per heavy atom. The van der Waals surface area contributed by atoms with Crippen LogP contribution >= 0.6 is 0 Å². The van der Waals surface area contributed by atoms with Gasteiger partial charge in [-0.3, -0.25) is 29.0 Å². The molecule has 30 heavy (non-hydrogen) atoms. The minimum Gasteiger partial charge on any atom is -0.371 e. The van der Waals surface area contributed by atoms with E-state index in [9.17, 15) is 19.2 Å². The highest BCUT2D eigenvalue weighted by atomic mass is 16.6. The summed E-state index contributed by atoms with van der Waals surface area (Å²) in [6.07, 6.45) is 6.11. The van der Waals surface area contributed by atoms with Crippen LogP contribution in [0.4, 0.5) is 0 Å². The molecule has 0 spiro atoms. The van der Waals surface area contributed by atoms with E-state index in [0.717, 1.165) is 51.4 Å². The smallest absolute Gasteiger partial charge is 0.233 e. The van der Waals surface area contributed by atoms with Crippen molar-refractivity contribution in [1.29, 1.82) is 0 Å². The lowest BCUT2D eigenvalue weighted by Crippen LogP contribution is -2.50. The van der Waals surface area contributed by atoms with Crippen LogP contribution in [0.1, 0.15) is 51.4 Å². The van der Waals surface area contributed by atoms with E-state index in [1.54, 1.807) is 0 Å². The lowest BCUT2D eigenvalue weighted by molar-refractivity contribution is -0.145. The molecule has 6 aliphatic rings. The Kier molecular flexibility index (Phi) is 4.32. The van der Waals surface area contributed by atoms with Gasteiger partial charge in [0, 0.05) is 0 Å². The maximum atomic E-state index is 13.0. The van der Waals surface area contributed by atoms with Gasteiger partial charge in [-0.2, -0.15) is 0 Å². The molecule has 0 aromatic rings. The molecular formula is C22H28N2O6. The van der Waals surface area contributed by atoms with Crippen molar-refractivity contribution in [1.82, 2.24) is 9.80 Å². The summed E-state index contributed by atoms with van der Waals surface area (Å²) in [6.45, 7) is 0.428. The summed E-state index contributed by atoms with van der Waals surface area (Å²) >= 11 is 0. The Bertz CT molecular complexity index is 699. The fourth-order valence-electron chi connectivity index (χ4n) is 6.93. The fourth-order valence-corrected chi connectivity index (χ4v) is 6.93. The molecule has 6 fully saturated rings. The Balaban J connectivity index is 1.22. The zero-order chi connectivity index (χ0) is 20.6. The van der Waals surface area contributed by atoms with Gasteiger partial charge < -0.3 is 9.47 Å². The number of carbonyl (C=O) groups excluding carboxylic acids is 4. The average molecular weight is 416 g/mol. The summed E-state index contributed by atoms with van der Waals surface area (Å²) in [5.74, 6) is -1.18. The molecule has 4 saturated heterocycles.